The fourth-order valence-corrected chi connectivity index (χ4v) is 4.61. The van der Waals surface area contributed by atoms with Gasteiger partial charge in [-0.05, 0) is 68.1 Å². The van der Waals surface area contributed by atoms with Gasteiger partial charge >= 0.3 is 5.97 Å². The first-order valence-electron chi connectivity index (χ1n) is 9.01. The highest BCUT2D eigenvalue weighted by Gasteiger charge is 2.33. The second-order valence-electron chi connectivity index (χ2n) is 7.10. The van der Waals surface area contributed by atoms with Gasteiger partial charge in [0.15, 0.2) is 0 Å². The molecule has 1 fully saturated rings. The van der Waals surface area contributed by atoms with Gasteiger partial charge in [0.05, 0.1) is 16.1 Å². The Morgan fingerprint density at radius 2 is 1.85 bits per heavy atom. The van der Waals surface area contributed by atoms with Gasteiger partial charge in [-0.3, -0.25) is 9.59 Å². The molecule has 5 nitrogen and oxygen atoms in total. The maximum atomic E-state index is 12.4. The number of amides is 1. The van der Waals surface area contributed by atoms with Crippen LogP contribution in [0.5, 0.6) is 0 Å². The predicted molar refractivity (Wildman–Crippen MR) is 107 cm³/mol. The third-order valence-electron chi connectivity index (χ3n) is 5.10. The molecule has 0 aliphatic heterocycles. The zero-order valence-corrected chi connectivity index (χ0v) is 15.8. The Kier molecular flexibility index (Phi) is 4.66. The molecule has 138 valence electrons. The second kappa shape index (κ2) is 7.12. The monoisotopic (exact) mass is 380 g/mol. The van der Waals surface area contributed by atoms with E-state index in [9.17, 15) is 9.59 Å². The van der Waals surface area contributed by atoms with Crippen LogP contribution in [-0.2, 0) is 9.59 Å². The van der Waals surface area contributed by atoms with E-state index in [1.54, 1.807) is 11.3 Å². The van der Waals surface area contributed by atoms with E-state index in [-0.39, 0.29) is 11.8 Å². The topological polar surface area (TPSA) is 79.3 Å². The van der Waals surface area contributed by atoms with Crippen molar-refractivity contribution in [2.24, 2.45) is 11.8 Å². The Hall–Kier alpha value is -2.73. The minimum atomic E-state index is -0.805. The number of aromatic nitrogens is 1. The summed E-state index contributed by atoms with van der Waals surface area (Å²) < 4.78 is 1.16. The van der Waals surface area contributed by atoms with Gasteiger partial charge < -0.3 is 10.4 Å². The molecule has 1 amide bonds. The molecule has 2 N–H and O–H groups in total. The largest absolute Gasteiger partial charge is 0.481 e. The van der Waals surface area contributed by atoms with Gasteiger partial charge in [0.2, 0.25) is 5.91 Å². The van der Waals surface area contributed by atoms with E-state index >= 15 is 0 Å². The summed E-state index contributed by atoms with van der Waals surface area (Å²) in [7, 11) is 0. The number of carboxylic acid groups (broad SMARTS) is 1. The molecule has 1 aliphatic carbocycles. The molecule has 1 aliphatic rings. The number of carbonyl (C=O) groups excluding carboxylic acids is 1. The maximum Gasteiger partial charge on any atom is 0.306 e. The average molecular weight is 380 g/mol. The lowest BCUT2D eigenvalue weighted by atomic mass is 10.0. The first kappa shape index (κ1) is 17.7. The minimum absolute atomic E-state index is 0.0954. The summed E-state index contributed by atoms with van der Waals surface area (Å²) in [5, 5.41) is 12.9. The van der Waals surface area contributed by atoms with Crippen LogP contribution in [0.3, 0.4) is 0 Å². The van der Waals surface area contributed by atoms with Crippen molar-refractivity contribution in [2.45, 2.75) is 26.2 Å². The molecule has 0 spiro atoms. The van der Waals surface area contributed by atoms with Crippen LogP contribution < -0.4 is 5.32 Å². The van der Waals surface area contributed by atoms with Crippen molar-refractivity contribution in [3.8, 4) is 10.6 Å². The molecular formula is C21H20N2O3S. The van der Waals surface area contributed by atoms with Crippen molar-refractivity contribution in [2.75, 3.05) is 5.32 Å². The van der Waals surface area contributed by atoms with Crippen molar-refractivity contribution < 1.29 is 14.7 Å². The zero-order valence-electron chi connectivity index (χ0n) is 14.9. The van der Waals surface area contributed by atoms with E-state index < -0.39 is 11.9 Å². The predicted octanol–water partition coefficient (Wildman–Crippen LogP) is 4.71. The molecule has 0 saturated heterocycles. The number of hydrogen-bond donors (Lipinski definition) is 2. The lowest BCUT2D eigenvalue weighted by molar-refractivity contribution is -0.141. The number of carbonyl (C=O) groups is 2. The van der Waals surface area contributed by atoms with Crippen LogP contribution in [0.1, 0.15) is 24.8 Å². The van der Waals surface area contributed by atoms with E-state index in [4.69, 9.17) is 5.11 Å². The normalized spacial score (nSPS) is 19.3. The highest BCUT2D eigenvalue weighted by atomic mass is 32.1. The first-order valence-corrected chi connectivity index (χ1v) is 9.82. The number of rotatable bonds is 4. The lowest BCUT2D eigenvalue weighted by Gasteiger charge is -2.11. The molecule has 3 aromatic rings. The summed E-state index contributed by atoms with van der Waals surface area (Å²) in [5.74, 6) is -1.52. The smallest absolute Gasteiger partial charge is 0.306 e. The van der Waals surface area contributed by atoms with Crippen LogP contribution in [0.25, 0.3) is 20.8 Å². The summed E-state index contributed by atoms with van der Waals surface area (Å²) in [6.45, 7) is 2.07. The molecule has 2 atom stereocenters. The summed E-state index contributed by atoms with van der Waals surface area (Å²) in [5.41, 5.74) is 3.94. The number of carboxylic acids is 1. The van der Waals surface area contributed by atoms with E-state index in [0.717, 1.165) is 26.5 Å². The molecule has 1 aromatic heterocycles. The lowest BCUT2D eigenvalue weighted by Crippen LogP contribution is -2.21. The third kappa shape index (κ3) is 3.71. The average Bonchev–Trinajstić information content (AvgIpc) is 3.29. The summed E-state index contributed by atoms with van der Waals surface area (Å²) >= 11 is 1.65. The van der Waals surface area contributed by atoms with Gasteiger partial charge in [0, 0.05) is 17.2 Å². The van der Waals surface area contributed by atoms with E-state index in [0.29, 0.717) is 19.3 Å². The fourth-order valence-electron chi connectivity index (χ4n) is 3.54. The van der Waals surface area contributed by atoms with Gasteiger partial charge in [-0.2, -0.15) is 0 Å². The van der Waals surface area contributed by atoms with Crippen molar-refractivity contribution in [3.05, 3.63) is 48.0 Å². The van der Waals surface area contributed by atoms with Gasteiger partial charge in [-0.15, -0.1) is 11.3 Å². The Balaban J connectivity index is 1.45. The number of aliphatic carboxylic acids is 1. The summed E-state index contributed by atoms with van der Waals surface area (Å²) in [4.78, 5) is 28.1. The molecule has 6 heteroatoms. The number of nitrogens with one attached hydrogen (secondary N) is 1. The summed E-state index contributed by atoms with van der Waals surface area (Å²) in [6.07, 6.45) is 1.62. The number of hydrogen-bond acceptors (Lipinski definition) is 4. The number of nitrogens with zero attached hydrogens (tertiary/aromatic N) is 1. The molecule has 2 aromatic carbocycles. The molecule has 0 bridgehead atoms. The van der Waals surface area contributed by atoms with E-state index in [2.05, 4.69) is 29.4 Å². The molecule has 1 heterocycles. The molecular weight excluding hydrogens is 360 g/mol. The molecule has 0 unspecified atom stereocenters. The number of thiazole rings is 1. The molecule has 1 saturated carbocycles. The standard InChI is InChI=1S/C21H20N2O3S/c1-12-2-9-17-18(10-12)27-20(23-17)13-5-7-16(8-6-13)22-19(24)14-3-4-15(11-14)21(25)26/h2,5-10,14-15H,3-4,11H2,1H3,(H,22,24)(H,25,26)/t14-,15-/m1/s1. The van der Waals surface area contributed by atoms with Crippen molar-refractivity contribution in [1.82, 2.24) is 4.98 Å². The SMILES string of the molecule is Cc1ccc2nc(-c3ccc(NC(=O)[C@@H]4CC[C@@H](C(=O)O)C4)cc3)sc2c1. The fraction of sp³-hybridized carbons (Fsp3) is 0.286. The van der Waals surface area contributed by atoms with Gasteiger partial charge in [-0.1, -0.05) is 6.07 Å². The van der Waals surface area contributed by atoms with Crippen LogP contribution in [0.4, 0.5) is 5.69 Å². The van der Waals surface area contributed by atoms with Crippen LogP contribution in [0.2, 0.25) is 0 Å². The van der Waals surface area contributed by atoms with Gasteiger partial charge in [0.25, 0.3) is 0 Å². The zero-order chi connectivity index (χ0) is 19.0. The minimum Gasteiger partial charge on any atom is -0.481 e. The Bertz CT molecular complexity index is 1010. The van der Waals surface area contributed by atoms with Crippen molar-refractivity contribution >= 4 is 39.1 Å². The molecule has 4 rings (SSSR count). The maximum absolute atomic E-state index is 12.4. The first-order chi connectivity index (χ1) is 13.0. The van der Waals surface area contributed by atoms with E-state index in [1.807, 2.05) is 30.3 Å². The Morgan fingerprint density at radius 3 is 2.56 bits per heavy atom. The highest BCUT2D eigenvalue weighted by Crippen LogP contribution is 2.33. The van der Waals surface area contributed by atoms with Gasteiger partial charge in [0.1, 0.15) is 5.01 Å². The van der Waals surface area contributed by atoms with Crippen LogP contribution >= 0.6 is 11.3 Å². The summed E-state index contributed by atoms with van der Waals surface area (Å²) in [6, 6.07) is 13.9. The Labute approximate surface area is 161 Å². The highest BCUT2D eigenvalue weighted by molar-refractivity contribution is 7.21. The Morgan fingerprint density at radius 1 is 1.11 bits per heavy atom. The second-order valence-corrected chi connectivity index (χ2v) is 8.13. The third-order valence-corrected chi connectivity index (χ3v) is 6.16. The number of benzene rings is 2. The van der Waals surface area contributed by atoms with Crippen molar-refractivity contribution in [1.29, 1.82) is 0 Å². The van der Waals surface area contributed by atoms with Crippen LogP contribution in [-0.4, -0.2) is 22.0 Å². The molecule has 0 radical (unpaired) electrons. The van der Waals surface area contributed by atoms with Crippen molar-refractivity contribution in [3.63, 3.8) is 0 Å². The number of fused-ring (bicyclic) bond motifs is 1. The van der Waals surface area contributed by atoms with E-state index in [1.165, 1.54) is 5.56 Å². The number of anilines is 1. The van der Waals surface area contributed by atoms with Crippen LogP contribution in [0, 0.1) is 18.8 Å². The van der Waals surface area contributed by atoms with Gasteiger partial charge in [-0.25, -0.2) is 4.98 Å². The quantitative estimate of drug-likeness (QED) is 0.687. The number of aryl methyl sites for hydroxylation is 1. The molecule has 27 heavy (non-hydrogen) atoms. The van der Waals surface area contributed by atoms with Crippen LogP contribution in [0.15, 0.2) is 42.5 Å².